The lowest BCUT2D eigenvalue weighted by Gasteiger charge is -2.04. The van der Waals surface area contributed by atoms with E-state index in [1.165, 1.54) is 6.20 Å². The zero-order valence-electron chi connectivity index (χ0n) is 10.1. The molecule has 1 N–H and O–H groups in total. The minimum atomic E-state index is -0.997. The third kappa shape index (κ3) is 3.78. The monoisotopic (exact) mass is 338 g/mol. The lowest BCUT2D eigenvalue weighted by Crippen LogP contribution is -2.05. The first-order valence-electron chi connectivity index (χ1n) is 5.50. The lowest BCUT2D eigenvalue weighted by molar-refractivity contribution is 0.0695. The Bertz CT molecular complexity index is 619. The number of aryl methyl sites for hydroxylation is 1. The quantitative estimate of drug-likeness (QED) is 0.864. The summed E-state index contributed by atoms with van der Waals surface area (Å²) in [7, 11) is 0. The van der Waals surface area contributed by atoms with Crippen LogP contribution in [0.3, 0.4) is 0 Å². The molecule has 2 aromatic rings. The summed E-state index contributed by atoms with van der Waals surface area (Å²) >= 11 is 5.02. The smallest absolute Gasteiger partial charge is 0.339 e. The minimum absolute atomic E-state index is 0.149. The number of nitrogens with zero attached hydrogens (tertiary/aromatic N) is 2. The van der Waals surface area contributed by atoms with Crippen LogP contribution in [0.1, 0.15) is 21.9 Å². The highest BCUT2D eigenvalue weighted by Gasteiger charge is 2.10. The van der Waals surface area contributed by atoms with Crippen LogP contribution in [0.5, 0.6) is 0 Å². The second-order valence-electron chi connectivity index (χ2n) is 3.84. The predicted molar refractivity (Wildman–Crippen MR) is 77.4 cm³/mol. The van der Waals surface area contributed by atoms with Crippen molar-refractivity contribution in [2.24, 2.45) is 0 Å². The molecule has 4 nitrogen and oxygen atoms in total. The summed E-state index contributed by atoms with van der Waals surface area (Å²) in [4.78, 5) is 20.2. The van der Waals surface area contributed by atoms with Gasteiger partial charge >= 0.3 is 5.97 Å². The normalized spacial score (nSPS) is 10.4. The standard InChI is InChI=1S/C13H11BrN2O2S/c1-8-11(13(17)18)6-15-12(16-8)7-19-10-4-2-3-9(14)5-10/h2-6H,7H2,1H3,(H,17,18). The third-order valence-corrected chi connectivity index (χ3v) is 3.91. The van der Waals surface area contributed by atoms with Gasteiger partial charge in [-0.25, -0.2) is 14.8 Å². The van der Waals surface area contributed by atoms with E-state index in [9.17, 15) is 4.79 Å². The van der Waals surface area contributed by atoms with E-state index in [1.807, 2.05) is 24.3 Å². The molecule has 98 valence electrons. The summed E-state index contributed by atoms with van der Waals surface area (Å²) in [5.41, 5.74) is 0.642. The Morgan fingerprint density at radius 1 is 1.47 bits per heavy atom. The first-order chi connectivity index (χ1) is 9.06. The summed E-state index contributed by atoms with van der Waals surface area (Å²) in [5.74, 6) is 0.244. The summed E-state index contributed by atoms with van der Waals surface area (Å²) in [6, 6.07) is 7.95. The first-order valence-corrected chi connectivity index (χ1v) is 7.28. The van der Waals surface area contributed by atoms with Crippen molar-refractivity contribution in [3.8, 4) is 0 Å². The number of carboxylic acids is 1. The van der Waals surface area contributed by atoms with Crippen LogP contribution in [0.15, 0.2) is 39.8 Å². The summed E-state index contributed by atoms with van der Waals surface area (Å²) < 4.78 is 1.02. The van der Waals surface area contributed by atoms with E-state index in [2.05, 4.69) is 25.9 Å². The van der Waals surface area contributed by atoms with Crippen molar-refractivity contribution < 1.29 is 9.90 Å². The van der Waals surface area contributed by atoms with Gasteiger partial charge in [0.15, 0.2) is 0 Å². The maximum atomic E-state index is 10.9. The van der Waals surface area contributed by atoms with E-state index >= 15 is 0 Å². The molecule has 0 aliphatic rings. The Morgan fingerprint density at radius 3 is 2.89 bits per heavy atom. The average molecular weight is 339 g/mol. The topological polar surface area (TPSA) is 63.1 Å². The number of aromatic nitrogens is 2. The van der Waals surface area contributed by atoms with Crippen LogP contribution in [-0.4, -0.2) is 21.0 Å². The Balaban J connectivity index is 2.08. The van der Waals surface area contributed by atoms with Crippen molar-refractivity contribution in [1.82, 2.24) is 9.97 Å². The molecular weight excluding hydrogens is 328 g/mol. The molecule has 0 saturated carbocycles. The van der Waals surface area contributed by atoms with Gasteiger partial charge in [0.05, 0.1) is 17.0 Å². The summed E-state index contributed by atoms with van der Waals surface area (Å²) in [5, 5.41) is 8.90. The van der Waals surface area contributed by atoms with E-state index in [4.69, 9.17) is 5.11 Å². The molecular formula is C13H11BrN2O2S. The fourth-order valence-electron chi connectivity index (χ4n) is 1.50. The van der Waals surface area contributed by atoms with Crippen molar-refractivity contribution in [3.05, 3.63) is 52.0 Å². The molecule has 1 heterocycles. The maximum Gasteiger partial charge on any atom is 0.339 e. The molecule has 0 amide bonds. The molecule has 0 fully saturated rings. The Labute approximate surface area is 123 Å². The molecule has 1 aromatic heterocycles. The molecule has 0 saturated heterocycles. The number of carbonyl (C=O) groups is 1. The zero-order valence-corrected chi connectivity index (χ0v) is 12.5. The molecule has 0 aliphatic heterocycles. The highest BCUT2D eigenvalue weighted by atomic mass is 79.9. The Kier molecular flexibility index (Phi) is 4.55. The highest BCUT2D eigenvalue weighted by molar-refractivity contribution is 9.10. The van der Waals surface area contributed by atoms with Crippen LogP contribution in [0.4, 0.5) is 0 Å². The summed E-state index contributed by atoms with van der Waals surface area (Å²) in [6.07, 6.45) is 1.36. The Morgan fingerprint density at radius 2 is 2.26 bits per heavy atom. The second-order valence-corrected chi connectivity index (χ2v) is 5.80. The zero-order chi connectivity index (χ0) is 13.8. The molecule has 0 bridgehead atoms. The molecule has 1 aromatic carbocycles. The van der Waals surface area contributed by atoms with Crippen LogP contribution < -0.4 is 0 Å². The van der Waals surface area contributed by atoms with Crippen molar-refractivity contribution in [2.45, 2.75) is 17.6 Å². The van der Waals surface area contributed by atoms with E-state index in [0.717, 1.165) is 9.37 Å². The van der Waals surface area contributed by atoms with Crippen molar-refractivity contribution in [3.63, 3.8) is 0 Å². The van der Waals surface area contributed by atoms with Gasteiger partial charge in [0.25, 0.3) is 0 Å². The number of halogens is 1. The average Bonchev–Trinajstić information content (AvgIpc) is 2.36. The lowest BCUT2D eigenvalue weighted by atomic mass is 10.2. The second kappa shape index (κ2) is 6.16. The van der Waals surface area contributed by atoms with Gasteiger partial charge in [0.2, 0.25) is 0 Å². The van der Waals surface area contributed by atoms with E-state index < -0.39 is 5.97 Å². The van der Waals surface area contributed by atoms with Gasteiger partial charge in [-0.3, -0.25) is 0 Å². The van der Waals surface area contributed by atoms with Crippen molar-refractivity contribution >= 4 is 33.7 Å². The summed E-state index contributed by atoms with van der Waals surface area (Å²) in [6.45, 7) is 1.68. The van der Waals surface area contributed by atoms with E-state index in [-0.39, 0.29) is 5.56 Å². The third-order valence-electron chi connectivity index (χ3n) is 2.42. The Hall–Kier alpha value is -1.40. The van der Waals surface area contributed by atoms with Crippen molar-refractivity contribution in [1.29, 1.82) is 0 Å². The number of hydrogen-bond donors (Lipinski definition) is 1. The van der Waals surface area contributed by atoms with Gasteiger partial charge in [-0.15, -0.1) is 11.8 Å². The number of rotatable bonds is 4. The van der Waals surface area contributed by atoms with Gasteiger partial charge in [-0.1, -0.05) is 22.0 Å². The highest BCUT2D eigenvalue weighted by Crippen LogP contribution is 2.24. The van der Waals surface area contributed by atoms with E-state index in [1.54, 1.807) is 18.7 Å². The molecule has 6 heteroatoms. The number of thioether (sulfide) groups is 1. The number of benzene rings is 1. The maximum absolute atomic E-state index is 10.9. The minimum Gasteiger partial charge on any atom is -0.478 e. The largest absolute Gasteiger partial charge is 0.478 e. The molecule has 0 radical (unpaired) electrons. The SMILES string of the molecule is Cc1nc(CSc2cccc(Br)c2)ncc1C(=O)O. The van der Waals surface area contributed by atoms with Gasteiger partial charge in [-0.2, -0.15) is 0 Å². The van der Waals surface area contributed by atoms with Gasteiger partial charge in [-0.05, 0) is 25.1 Å². The fourth-order valence-corrected chi connectivity index (χ4v) is 2.87. The molecule has 0 aliphatic carbocycles. The first kappa shape index (κ1) is 14.0. The van der Waals surface area contributed by atoms with Gasteiger partial charge in [0, 0.05) is 15.6 Å². The molecule has 0 unspecified atom stereocenters. The van der Waals surface area contributed by atoms with Crippen LogP contribution in [0.2, 0.25) is 0 Å². The van der Waals surface area contributed by atoms with Crippen LogP contribution >= 0.6 is 27.7 Å². The van der Waals surface area contributed by atoms with Crippen molar-refractivity contribution in [2.75, 3.05) is 0 Å². The van der Waals surface area contributed by atoms with Crippen LogP contribution in [-0.2, 0) is 5.75 Å². The fraction of sp³-hybridized carbons (Fsp3) is 0.154. The molecule has 19 heavy (non-hydrogen) atoms. The van der Waals surface area contributed by atoms with Crippen LogP contribution in [0.25, 0.3) is 0 Å². The van der Waals surface area contributed by atoms with Gasteiger partial charge < -0.3 is 5.11 Å². The molecule has 0 spiro atoms. The van der Waals surface area contributed by atoms with Crippen LogP contribution in [0, 0.1) is 6.92 Å². The molecule has 2 rings (SSSR count). The predicted octanol–water partition coefficient (Wildman–Crippen LogP) is 3.54. The number of carboxylic acid groups (broad SMARTS) is 1. The number of hydrogen-bond acceptors (Lipinski definition) is 4. The number of aromatic carboxylic acids is 1. The molecule has 0 atom stereocenters. The van der Waals surface area contributed by atoms with E-state index in [0.29, 0.717) is 17.3 Å². The van der Waals surface area contributed by atoms with Gasteiger partial charge in [0.1, 0.15) is 5.82 Å².